The second-order valence-corrected chi connectivity index (χ2v) is 12.6. The van der Waals surface area contributed by atoms with E-state index >= 15 is 0 Å². The number of sulfone groups is 2. The Bertz CT molecular complexity index is 1660. The topological polar surface area (TPSA) is 204 Å². The number of benzene rings is 2. The largest absolute Gasteiger partial charge is 0.495 e. The average molecular weight is 606 g/mol. The minimum Gasteiger partial charge on any atom is -0.495 e. The first-order chi connectivity index (χ1) is 17.7. The fourth-order valence-corrected chi connectivity index (χ4v) is 5.26. The van der Waals surface area contributed by atoms with Crippen molar-refractivity contribution in [2.45, 2.75) is 9.79 Å². The lowest BCUT2D eigenvalue weighted by atomic mass is 10.3. The number of nitrogens with zero attached hydrogens (tertiary/aromatic N) is 3. The van der Waals surface area contributed by atoms with Gasteiger partial charge in [0.25, 0.3) is 0 Å². The van der Waals surface area contributed by atoms with E-state index in [9.17, 15) is 25.3 Å². The van der Waals surface area contributed by atoms with E-state index in [1.54, 1.807) is 0 Å². The summed E-state index contributed by atoms with van der Waals surface area (Å²) in [7, 11) is -11.0. The third-order valence-corrected chi connectivity index (χ3v) is 8.31. The summed E-state index contributed by atoms with van der Waals surface area (Å²) in [5.74, 6) is -0.482. The number of hydrogen-bond donors (Lipinski definition) is 3. The summed E-state index contributed by atoms with van der Waals surface area (Å²) < 4.78 is 88.0. The molecule has 18 heteroatoms. The van der Waals surface area contributed by atoms with Crippen molar-refractivity contribution >= 4 is 64.9 Å². The Morgan fingerprint density at radius 2 is 1.55 bits per heavy atom. The molecule has 0 unspecified atom stereocenters. The van der Waals surface area contributed by atoms with Crippen LogP contribution in [0.4, 0.5) is 23.3 Å². The summed E-state index contributed by atoms with van der Waals surface area (Å²) in [6, 6.07) is 9.39. The Morgan fingerprint density at radius 1 is 0.947 bits per heavy atom. The van der Waals surface area contributed by atoms with Gasteiger partial charge in [-0.3, -0.25) is 4.55 Å². The Labute approximate surface area is 223 Å². The van der Waals surface area contributed by atoms with Gasteiger partial charge in [0.05, 0.1) is 34.9 Å². The minimum absolute atomic E-state index is 0.0292. The van der Waals surface area contributed by atoms with Crippen LogP contribution in [0.1, 0.15) is 0 Å². The zero-order valence-corrected chi connectivity index (χ0v) is 22.6. The van der Waals surface area contributed by atoms with Crippen LogP contribution in [0.2, 0.25) is 5.28 Å². The summed E-state index contributed by atoms with van der Waals surface area (Å²) >= 11 is 6.01. The number of ether oxygens (including phenoxy) is 1. The van der Waals surface area contributed by atoms with Gasteiger partial charge in [-0.2, -0.15) is 23.4 Å². The molecule has 0 saturated carbocycles. The molecule has 38 heavy (non-hydrogen) atoms. The molecular formula is C20H20ClN5O9S3. The first-order valence-corrected chi connectivity index (χ1v) is 15.1. The first-order valence-electron chi connectivity index (χ1n) is 10.2. The van der Waals surface area contributed by atoms with Crippen molar-refractivity contribution in [2.24, 2.45) is 0 Å². The molecule has 0 radical (unpaired) electrons. The quantitative estimate of drug-likeness (QED) is 0.254. The van der Waals surface area contributed by atoms with Gasteiger partial charge in [0.15, 0.2) is 19.7 Å². The van der Waals surface area contributed by atoms with E-state index < -0.39 is 42.4 Å². The molecule has 204 valence electrons. The van der Waals surface area contributed by atoms with Crippen LogP contribution >= 0.6 is 11.6 Å². The molecular weight excluding hydrogens is 586 g/mol. The molecule has 0 spiro atoms. The predicted molar refractivity (Wildman–Crippen MR) is 138 cm³/mol. The van der Waals surface area contributed by atoms with Gasteiger partial charge in [0.2, 0.25) is 17.2 Å². The van der Waals surface area contributed by atoms with Crippen LogP contribution in [0.3, 0.4) is 0 Å². The van der Waals surface area contributed by atoms with E-state index in [0.29, 0.717) is 5.69 Å². The number of rotatable bonds is 12. The molecule has 0 bridgehead atoms. The van der Waals surface area contributed by atoms with Crippen molar-refractivity contribution in [1.29, 1.82) is 0 Å². The smallest absolute Gasteiger partial charge is 0.397 e. The Morgan fingerprint density at radius 3 is 2.13 bits per heavy atom. The van der Waals surface area contributed by atoms with Gasteiger partial charge in [0.1, 0.15) is 5.75 Å². The van der Waals surface area contributed by atoms with Crippen molar-refractivity contribution in [2.75, 3.05) is 30.1 Å². The highest BCUT2D eigenvalue weighted by atomic mass is 35.5. The second-order valence-electron chi connectivity index (χ2n) is 7.17. The number of halogens is 1. The zero-order valence-electron chi connectivity index (χ0n) is 19.4. The van der Waals surface area contributed by atoms with Gasteiger partial charge in [-0.15, -0.1) is 0 Å². The molecule has 0 saturated heterocycles. The van der Waals surface area contributed by atoms with Crippen LogP contribution in [0, 0.1) is 0 Å². The van der Waals surface area contributed by atoms with Gasteiger partial charge >= 0.3 is 10.4 Å². The van der Waals surface area contributed by atoms with E-state index in [-0.39, 0.29) is 38.4 Å². The predicted octanol–water partition coefficient (Wildman–Crippen LogP) is 2.53. The monoisotopic (exact) mass is 605 g/mol. The first kappa shape index (κ1) is 29.2. The summed E-state index contributed by atoms with van der Waals surface area (Å²) in [6.07, 6.45) is 0. The Balaban J connectivity index is 1.80. The van der Waals surface area contributed by atoms with Gasteiger partial charge in [-0.05, 0) is 54.1 Å². The van der Waals surface area contributed by atoms with Gasteiger partial charge in [0, 0.05) is 11.1 Å². The van der Waals surface area contributed by atoms with Crippen LogP contribution in [0.25, 0.3) is 0 Å². The molecule has 3 aromatic rings. The highest BCUT2D eigenvalue weighted by Gasteiger charge is 2.18. The van der Waals surface area contributed by atoms with E-state index in [1.807, 2.05) is 0 Å². The normalized spacial score (nSPS) is 12.1. The molecule has 1 aromatic heterocycles. The summed E-state index contributed by atoms with van der Waals surface area (Å²) in [6.45, 7) is 2.54. The van der Waals surface area contributed by atoms with Gasteiger partial charge in [-0.1, -0.05) is 6.58 Å². The highest BCUT2D eigenvalue weighted by molar-refractivity contribution is 7.94. The van der Waals surface area contributed by atoms with Crippen molar-refractivity contribution < 1.29 is 38.7 Å². The van der Waals surface area contributed by atoms with Gasteiger partial charge < -0.3 is 15.4 Å². The van der Waals surface area contributed by atoms with E-state index in [1.165, 1.54) is 49.6 Å². The number of hydrogen-bond acceptors (Lipinski definition) is 13. The number of methoxy groups -OCH3 is 1. The summed E-state index contributed by atoms with van der Waals surface area (Å²) in [5, 5.41) is 6.25. The van der Waals surface area contributed by atoms with Crippen LogP contribution in [-0.2, 0) is 34.3 Å². The van der Waals surface area contributed by atoms with Crippen molar-refractivity contribution in [3.05, 3.63) is 59.7 Å². The fourth-order valence-electron chi connectivity index (χ4n) is 2.88. The second kappa shape index (κ2) is 11.6. The maximum atomic E-state index is 12.3. The van der Waals surface area contributed by atoms with E-state index in [4.69, 9.17) is 20.9 Å². The van der Waals surface area contributed by atoms with E-state index in [0.717, 1.165) is 5.41 Å². The van der Waals surface area contributed by atoms with Crippen LogP contribution in [0.15, 0.2) is 64.2 Å². The lowest BCUT2D eigenvalue weighted by molar-refractivity contribution is 0.284. The molecule has 0 atom stereocenters. The maximum absolute atomic E-state index is 12.3. The Hall–Kier alpha value is -3.35. The molecule has 0 amide bonds. The molecule has 1 heterocycles. The third kappa shape index (κ3) is 7.83. The zero-order chi connectivity index (χ0) is 28.1. The SMILES string of the molecule is C=CS(=O)(=O)c1ccc(OC)c(Nc2nc(Cl)nc(Nc3ccc(S(=O)(=O)CCOS(=O)(=O)O)cc3)n2)c1. The molecule has 0 aliphatic rings. The molecule has 3 rings (SSSR count). The fraction of sp³-hybridized carbons (Fsp3) is 0.150. The molecule has 3 N–H and O–H groups in total. The lowest BCUT2D eigenvalue weighted by Crippen LogP contribution is -2.15. The molecule has 2 aromatic carbocycles. The van der Waals surface area contributed by atoms with Crippen molar-refractivity contribution in [3.8, 4) is 5.75 Å². The summed E-state index contributed by atoms with van der Waals surface area (Å²) in [5.41, 5.74) is 0.583. The highest BCUT2D eigenvalue weighted by Crippen LogP contribution is 2.30. The number of nitrogens with one attached hydrogen (secondary N) is 2. The van der Waals surface area contributed by atoms with Crippen LogP contribution in [0.5, 0.6) is 5.75 Å². The van der Waals surface area contributed by atoms with Crippen LogP contribution in [-0.4, -0.2) is 64.2 Å². The van der Waals surface area contributed by atoms with Gasteiger partial charge in [-0.25, -0.2) is 21.0 Å². The third-order valence-electron chi connectivity index (χ3n) is 4.63. The number of aromatic nitrogens is 3. The molecule has 14 nitrogen and oxygen atoms in total. The van der Waals surface area contributed by atoms with Crippen molar-refractivity contribution in [3.63, 3.8) is 0 Å². The molecule has 0 fully saturated rings. The minimum atomic E-state index is -4.76. The average Bonchev–Trinajstić information content (AvgIpc) is 2.83. The number of anilines is 4. The van der Waals surface area contributed by atoms with Crippen molar-refractivity contribution in [1.82, 2.24) is 15.0 Å². The lowest BCUT2D eigenvalue weighted by Gasteiger charge is -2.13. The van der Waals surface area contributed by atoms with E-state index in [2.05, 4.69) is 36.3 Å². The maximum Gasteiger partial charge on any atom is 0.397 e. The molecule has 0 aliphatic heterocycles. The molecule has 0 aliphatic carbocycles. The Kier molecular flexibility index (Phi) is 8.90. The van der Waals surface area contributed by atoms with Crippen LogP contribution < -0.4 is 15.4 Å². The standard InChI is InChI=1S/C20H20ClN5O9S3/c1-3-36(27,28)15-8-9-17(34-2)16(12-15)23-20-25-18(21)24-19(26-20)22-13-4-6-14(7-5-13)37(29,30)11-10-35-38(31,32)33/h3-9,12H,1,10-11H2,2H3,(H,31,32,33)(H2,22,23,24,25,26). The summed E-state index contributed by atoms with van der Waals surface area (Å²) in [4.78, 5) is 11.9.